The summed E-state index contributed by atoms with van der Waals surface area (Å²) in [6.07, 6.45) is 3.55. The molecule has 0 aromatic heterocycles. The highest BCUT2D eigenvalue weighted by atomic mass is 35.5. The van der Waals surface area contributed by atoms with E-state index in [0.29, 0.717) is 18.1 Å². The van der Waals surface area contributed by atoms with Gasteiger partial charge in [0.05, 0.1) is 0 Å². The van der Waals surface area contributed by atoms with Crippen LogP contribution in [0.25, 0.3) is 0 Å². The Morgan fingerprint density at radius 3 is 2.45 bits per heavy atom. The molecule has 3 rings (SSSR count). The molecule has 0 unspecified atom stereocenters. The Bertz CT molecular complexity index is 590. The molecule has 1 aliphatic heterocycles. The van der Waals surface area contributed by atoms with Crippen molar-refractivity contribution in [2.24, 2.45) is 11.8 Å². The maximum atomic E-state index is 12.4. The van der Waals surface area contributed by atoms with Crippen molar-refractivity contribution in [1.29, 1.82) is 0 Å². The minimum Gasteiger partial charge on any atom is -0.342 e. The molecule has 1 saturated heterocycles. The Morgan fingerprint density at radius 1 is 1.14 bits per heavy atom. The number of hydrogen-bond donors (Lipinski definition) is 1. The van der Waals surface area contributed by atoms with E-state index in [9.17, 15) is 9.59 Å². The average molecular weight is 321 g/mol. The molecule has 1 N–H and O–H groups in total. The van der Waals surface area contributed by atoms with Gasteiger partial charge in [0.25, 0.3) is 0 Å². The predicted octanol–water partition coefficient (Wildman–Crippen LogP) is 3.24. The lowest BCUT2D eigenvalue weighted by Crippen LogP contribution is -2.42. The molecule has 1 aromatic carbocycles. The average Bonchev–Trinajstić information content (AvgIpc) is 3.36. The Balaban J connectivity index is 1.55. The number of anilines is 1. The summed E-state index contributed by atoms with van der Waals surface area (Å²) in [4.78, 5) is 26.3. The van der Waals surface area contributed by atoms with E-state index >= 15 is 0 Å². The van der Waals surface area contributed by atoms with Gasteiger partial charge in [0.15, 0.2) is 0 Å². The van der Waals surface area contributed by atoms with Crippen LogP contribution in [0.4, 0.5) is 5.69 Å². The maximum absolute atomic E-state index is 12.4. The number of carbonyl (C=O) groups is 2. The molecule has 0 bridgehead atoms. The third-order valence-electron chi connectivity index (χ3n) is 4.63. The van der Waals surface area contributed by atoms with Crippen molar-refractivity contribution < 1.29 is 9.59 Å². The molecule has 0 atom stereocenters. The number of likely N-dealkylation sites (tertiary alicyclic amines) is 1. The van der Waals surface area contributed by atoms with Crippen molar-refractivity contribution in [1.82, 2.24) is 4.90 Å². The molecule has 5 heteroatoms. The molecule has 2 fully saturated rings. The van der Waals surface area contributed by atoms with E-state index in [1.807, 2.05) is 30.0 Å². The van der Waals surface area contributed by atoms with Crippen LogP contribution in [0.15, 0.2) is 18.2 Å². The van der Waals surface area contributed by atoms with Gasteiger partial charge in [-0.3, -0.25) is 9.59 Å². The fourth-order valence-corrected chi connectivity index (χ4v) is 3.10. The Labute approximate surface area is 135 Å². The highest BCUT2D eigenvalue weighted by molar-refractivity contribution is 6.31. The number of nitrogens with zero attached hydrogens (tertiary/aromatic N) is 1. The normalized spacial score (nSPS) is 19.1. The fourth-order valence-electron chi connectivity index (χ4n) is 2.93. The molecule has 4 nitrogen and oxygen atoms in total. The van der Waals surface area contributed by atoms with Gasteiger partial charge in [-0.15, -0.1) is 0 Å². The van der Waals surface area contributed by atoms with Gasteiger partial charge in [0, 0.05) is 35.6 Å². The minimum absolute atomic E-state index is 0.0263. The molecule has 22 heavy (non-hydrogen) atoms. The molecule has 2 aliphatic rings. The van der Waals surface area contributed by atoms with E-state index in [-0.39, 0.29) is 23.7 Å². The summed E-state index contributed by atoms with van der Waals surface area (Å²) in [7, 11) is 0. The summed E-state index contributed by atoms with van der Waals surface area (Å²) >= 11 is 6.08. The Morgan fingerprint density at radius 2 is 1.82 bits per heavy atom. The van der Waals surface area contributed by atoms with Crippen LogP contribution in [0.3, 0.4) is 0 Å². The van der Waals surface area contributed by atoms with Gasteiger partial charge in [0.1, 0.15) is 0 Å². The summed E-state index contributed by atoms with van der Waals surface area (Å²) in [5.41, 5.74) is 1.66. The lowest BCUT2D eigenvalue weighted by molar-refractivity contribution is -0.135. The highest BCUT2D eigenvalue weighted by Gasteiger charge is 2.35. The highest BCUT2D eigenvalue weighted by Crippen LogP contribution is 2.32. The van der Waals surface area contributed by atoms with Crippen LogP contribution in [0.2, 0.25) is 5.02 Å². The predicted molar refractivity (Wildman–Crippen MR) is 86.8 cm³/mol. The molecule has 0 spiro atoms. The van der Waals surface area contributed by atoms with Gasteiger partial charge >= 0.3 is 0 Å². The van der Waals surface area contributed by atoms with Crippen molar-refractivity contribution in [3.05, 3.63) is 28.8 Å². The minimum atomic E-state index is -0.0263. The monoisotopic (exact) mass is 320 g/mol. The van der Waals surface area contributed by atoms with E-state index in [4.69, 9.17) is 11.6 Å². The summed E-state index contributed by atoms with van der Waals surface area (Å²) in [6, 6.07) is 5.52. The van der Waals surface area contributed by atoms with E-state index in [1.54, 1.807) is 0 Å². The molecule has 1 saturated carbocycles. The molecule has 0 radical (unpaired) electrons. The number of nitrogens with one attached hydrogen (secondary N) is 1. The van der Waals surface area contributed by atoms with E-state index in [1.165, 1.54) is 0 Å². The van der Waals surface area contributed by atoms with E-state index in [2.05, 4.69) is 5.32 Å². The lowest BCUT2D eigenvalue weighted by Gasteiger charge is -2.31. The first-order valence-corrected chi connectivity index (χ1v) is 8.29. The quantitative estimate of drug-likeness (QED) is 0.929. The topological polar surface area (TPSA) is 49.4 Å². The third kappa shape index (κ3) is 3.27. The first-order chi connectivity index (χ1) is 10.6. The zero-order valence-corrected chi connectivity index (χ0v) is 13.5. The number of hydrogen-bond acceptors (Lipinski definition) is 2. The summed E-state index contributed by atoms with van der Waals surface area (Å²) in [6.45, 7) is 3.29. The second-order valence-corrected chi connectivity index (χ2v) is 6.68. The second-order valence-electron chi connectivity index (χ2n) is 6.28. The summed E-state index contributed by atoms with van der Waals surface area (Å²) in [5, 5.41) is 3.63. The maximum Gasteiger partial charge on any atom is 0.227 e. The number of benzene rings is 1. The lowest BCUT2D eigenvalue weighted by atomic mass is 9.95. The molecule has 1 aliphatic carbocycles. The van der Waals surface area contributed by atoms with Crippen molar-refractivity contribution in [2.75, 3.05) is 18.4 Å². The molecule has 1 heterocycles. The summed E-state index contributed by atoms with van der Waals surface area (Å²) in [5.74, 6) is 0.551. The standard InChI is InChI=1S/C17H21ClN2O2/c1-11-14(18)3-2-4-15(11)19-16(21)12-7-9-20(10-8-12)17(22)13-5-6-13/h2-4,12-13H,5-10H2,1H3,(H,19,21). The fraction of sp³-hybridized carbons (Fsp3) is 0.529. The van der Waals surface area contributed by atoms with E-state index < -0.39 is 0 Å². The number of piperidine rings is 1. The van der Waals surface area contributed by atoms with Gasteiger partial charge in [0.2, 0.25) is 11.8 Å². The number of carbonyl (C=O) groups excluding carboxylic acids is 2. The van der Waals surface area contributed by atoms with Crippen molar-refractivity contribution in [3.8, 4) is 0 Å². The van der Waals surface area contributed by atoms with Crippen LogP contribution in [0, 0.1) is 18.8 Å². The number of rotatable bonds is 3. The number of halogens is 1. The van der Waals surface area contributed by atoms with E-state index in [0.717, 1.165) is 36.9 Å². The molecule has 118 valence electrons. The molecule has 2 amide bonds. The van der Waals surface area contributed by atoms with Gasteiger partial charge < -0.3 is 10.2 Å². The van der Waals surface area contributed by atoms with Crippen LogP contribution >= 0.6 is 11.6 Å². The number of amides is 2. The summed E-state index contributed by atoms with van der Waals surface area (Å²) < 4.78 is 0. The first-order valence-electron chi connectivity index (χ1n) is 7.91. The zero-order valence-electron chi connectivity index (χ0n) is 12.8. The van der Waals surface area contributed by atoms with Crippen LogP contribution < -0.4 is 5.32 Å². The van der Waals surface area contributed by atoms with Crippen LogP contribution in [0.5, 0.6) is 0 Å². The molecule has 1 aromatic rings. The molecular formula is C17H21ClN2O2. The molecular weight excluding hydrogens is 300 g/mol. The Kier molecular flexibility index (Phi) is 4.39. The van der Waals surface area contributed by atoms with Crippen molar-refractivity contribution in [3.63, 3.8) is 0 Å². The van der Waals surface area contributed by atoms with Gasteiger partial charge in [-0.25, -0.2) is 0 Å². The zero-order chi connectivity index (χ0) is 15.7. The van der Waals surface area contributed by atoms with Gasteiger partial charge in [-0.05, 0) is 50.3 Å². The smallest absolute Gasteiger partial charge is 0.227 e. The van der Waals surface area contributed by atoms with Gasteiger partial charge in [-0.2, -0.15) is 0 Å². The van der Waals surface area contributed by atoms with Crippen molar-refractivity contribution >= 4 is 29.1 Å². The SMILES string of the molecule is Cc1c(Cl)cccc1NC(=O)C1CCN(C(=O)C2CC2)CC1. The third-order valence-corrected chi connectivity index (χ3v) is 5.04. The van der Waals surface area contributed by atoms with Crippen LogP contribution in [-0.2, 0) is 9.59 Å². The largest absolute Gasteiger partial charge is 0.342 e. The first kappa shape index (κ1) is 15.3. The van der Waals surface area contributed by atoms with Crippen molar-refractivity contribution in [2.45, 2.75) is 32.6 Å². The van der Waals surface area contributed by atoms with Gasteiger partial charge in [-0.1, -0.05) is 17.7 Å². The Hall–Kier alpha value is -1.55. The second kappa shape index (κ2) is 6.29. The van der Waals surface area contributed by atoms with Crippen LogP contribution in [-0.4, -0.2) is 29.8 Å². The van der Waals surface area contributed by atoms with Crippen LogP contribution in [0.1, 0.15) is 31.2 Å².